The number of anilines is 1. The van der Waals surface area contributed by atoms with E-state index in [0.717, 1.165) is 11.1 Å². The van der Waals surface area contributed by atoms with Gasteiger partial charge in [0.2, 0.25) is 5.91 Å². The minimum atomic E-state index is -0.587. The fraction of sp³-hybridized carbons (Fsp3) is 0.143. The molecular formula is C14H15N3O2. The monoisotopic (exact) mass is 257 g/mol. The number of nitrogens with two attached hydrogens (primary N) is 1. The minimum absolute atomic E-state index is 0.0711. The summed E-state index contributed by atoms with van der Waals surface area (Å²) in [5.74, 6) is -0.0711. The van der Waals surface area contributed by atoms with Gasteiger partial charge in [0.05, 0.1) is 0 Å². The average Bonchev–Trinajstić information content (AvgIpc) is 2.87. The molecule has 19 heavy (non-hydrogen) atoms. The van der Waals surface area contributed by atoms with Crippen LogP contribution in [0.1, 0.15) is 5.56 Å². The number of nitrogens with one attached hydrogen (secondary N) is 1. The number of urea groups is 1. The zero-order valence-corrected chi connectivity index (χ0v) is 10.4. The molecule has 1 aromatic carbocycles. The van der Waals surface area contributed by atoms with Gasteiger partial charge in [-0.25, -0.2) is 4.79 Å². The van der Waals surface area contributed by atoms with Crippen molar-refractivity contribution in [3.8, 4) is 0 Å². The van der Waals surface area contributed by atoms with E-state index in [4.69, 9.17) is 5.73 Å². The molecule has 2 rings (SSSR count). The van der Waals surface area contributed by atoms with Gasteiger partial charge in [0.15, 0.2) is 0 Å². The molecule has 1 heterocycles. The molecule has 0 saturated carbocycles. The van der Waals surface area contributed by atoms with Crippen LogP contribution in [0.25, 0.3) is 5.57 Å². The number of nitrogens with zero attached hydrogens (tertiary/aromatic N) is 1. The van der Waals surface area contributed by atoms with Gasteiger partial charge in [0, 0.05) is 18.8 Å². The van der Waals surface area contributed by atoms with E-state index in [0.29, 0.717) is 18.8 Å². The van der Waals surface area contributed by atoms with Crippen molar-refractivity contribution >= 4 is 23.2 Å². The highest BCUT2D eigenvalue weighted by Crippen LogP contribution is 2.22. The maximum Gasteiger partial charge on any atom is 0.316 e. The summed E-state index contributed by atoms with van der Waals surface area (Å²) < 4.78 is 0. The van der Waals surface area contributed by atoms with E-state index in [1.165, 1.54) is 6.08 Å². The number of benzene rings is 1. The van der Waals surface area contributed by atoms with Crippen LogP contribution in [-0.2, 0) is 4.79 Å². The van der Waals surface area contributed by atoms with E-state index < -0.39 is 6.03 Å². The molecule has 1 aliphatic heterocycles. The van der Waals surface area contributed by atoms with Crippen molar-refractivity contribution < 1.29 is 9.59 Å². The van der Waals surface area contributed by atoms with Crippen LogP contribution in [0.3, 0.4) is 0 Å². The van der Waals surface area contributed by atoms with Crippen molar-refractivity contribution in [2.75, 3.05) is 18.4 Å². The van der Waals surface area contributed by atoms with Crippen molar-refractivity contribution in [2.24, 2.45) is 5.73 Å². The highest BCUT2D eigenvalue weighted by molar-refractivity contribution is 5.90. The predicted molar refractivity (Wildman–Crippen MR) is 74.4 cm³/mol. The highest BCUT2D eigenvalue weighted by Gasteiger charge is 2.18. The Morgan fingerprint density at radius 3 is 2.58 bits per heavy atom. The summed E-state index contributed by atoms with van der Waals surface area (Å²) in [7, 11) is 0. The predicted octanol–water partition coefficient (Wildman–Crippen LogP) is 1.59. The van der Waals surface area contributed by atoms with E-state index >= 15 is 0 Å². The Morgan fingerprint density at radius 2 is 2.00 bits per heavy atom. The number of hydrogen-bond donors (Lipinski definition) is 2. The van der Waals surface area contributed by atoms with E-state index in [1.54, 1.807) is 17.0 Å². The molecule has 0 atom stereocenters. The molecule has 1 aliphatic rings. The molecular weight excluding hydrogens is 242 g/mol. The Labute approximate surface area is 111 Å². The molecule has 0 spiro atoms. The number of rotatable bonds is 3. The zero-order valence-electron chi connectivity index (χ0n) is 10.4. The molecule has 5 nitrogen and oxygen atoms in total. The van der Waals surface area contributed by atoms with E-state index in [9.17, 15) is 9.59 Å². The van der Waals surface area contributed by atoms with E-state index in [1.807, 2.05) is 18.2 Å². The smallest absolute Gasteiger partial charge is 0.316 e. The molecule has 1 aromatic rings. The van der Waals surface area contributed by atoms with Gasteiger partial charge in [0.1, 0.15) is 0 Å². The van der Waals surface area contributed by atoms with Gasteiger partial charge in [0.25, 0.3) is 0 Å². The van der Waals surface area contributed by atoms with Crippen LogP contribution >= 0.6 is 0 Å². The summed E-state index contributed by atoms with van der Waals surface area (Å²) in [4.78, 5) is 23.9. The van der Waals surface area contributed by atoms with Crippen molar-refractivity contribution in [1.82, 2.24) is 4.90 Å². The number of primary amides is 1. The number of amides is 3. The second-order valence-electron chi connectivity index (χ2n) is 4.22. The molecule has 0 radical (unpaired) electrons. The number of hydrogen-bond acceptors (Lipinski definition) is 2. The van der Waals surface area contributed by atoms with Gasteiger partial charge in [-0.05, 0) is 29.3 Å². The first-order chi connectivity index (χ1) is 9.10. The van der Waals surface area contributed by atoms with Crippen LogP contribution in [0.15, 0.2) is 43.0 Å². The second kappa shape index (κ2) is 5.39. The lowest BCUT2D eigenvalue weighted by Gasteiger charge is -2.14. The Kier molecular flexibility index (Phi) is 3.66. The van der Waals surface area contributed by atoms with Gasteiger partial charge in [-0.2, -0.15) is 0 Å². The largest absolute Gasteiger partial charge is 0.351 e. The molecule has 3 amide bonds. The number of carbonyl (C=O) groups excluding carboxylic acids is 2. The summed E-state index contributed by atoms with van der Waals surface area (Å²) >= 11 is 0. The van der Waals surface area contributed by atoms with E-state index in [-0.39, 0.29) is 5.91 Å². The summed E-state index contributed by atoms with van der Waals surface area (Å²) in [6.07, 6.45) is 3.33. The lowest BCUT2D eigenvalue weighted by Crippen LogP contribution is -2.26. The molecule has 3 N–H and O–H groups in total. The zero-order chi connectivity index (χ0) is 13.8. The molecule has 98 valence electrons. The quantitative estimate of drug-likeness (QED) is 0.807. The third-order valence-electron chi connectivity index (χ3n) is 2.93. The summed E-state index contributed by atoms with van der Waals surface area (Å²) in [5, 5.41) is 2.50. The molecule has 0 fully saturated rings. The Balaban J connectivity index is 2.06. The van der Waals surface area contributed by atoms with Crippen molar-refractivity contribution in [3.63, 3.8) is 0 Å². The maximum atomic E-state index is 11.5. The molecule has 0 saturated heterocycles. The van der Waals surface area contributed by atoms with Crippen LogP contribution in [0.5, 0.6) is 0 Å². The molecule has 0 bridgehead atoms. The fourth-order valence-corrected chi connectivity index (χ4v) is 1.97. The summed E-state index contributed by atoms with van der Waals surface area (Å²) in [6.45, 7) is 4.65. The van der Waals surface area contributed by atoms with Gasteiger partial charge >= 0.3 is 6.03 Å². The first kappa shape index (κ1) is 12.9. The lowest BCUT2D eigenvalue weighted by molar-refractivity contribution is -0.124. The third kappa shape index (κ3) is 3.01. The van der Waals surface area contributed by atoms with Crippen LogP contribution < -0.4 is 11.1 Å². The molecule has 5 heteroatoms. The normalized spacial score (nSPS) is 13.9. The highest BCUT2D eigenvalue weighted by atomic mass is 16.2. The van der Waals surface area contributed by atoms with Gasteiger partial charge in [-0.3, -0.25) is 4.79 Å². The first-order valence-electron chi connectivity index (χ1n) is 5.87. The van der Waals surface area contributed by atoms with Gasteiger partial charge in [-0.15, -0.1) is 0 Å². The topological polar surface area (TPSA) is 75.4 Å². The van der Waals surface area contributed by atoms with Gasteiger partial charge < -0.3 is 16.0 Å². The maximum absolute atomic E-state index is 11.5. The van der Waals surface area contributed by atoms with Crippen molar-refractivity contribution in [2.45, 2.75) is 0 Å². The molecule has 0 aromatic heterocycles. The lowest BCUT2D eigenvalue weighted by atomic mass is 10.1. The Hall–Kier alpha value is -2.56. The van der Waals surface area contributed by atoms with Crippen LogP contribution in [0.2, 0.25) is 0 Å². The van der Waals surface area contributed by atoms with E-state index in [2.05, 4.69) is 11.9 Å². The summed E-state index contributed by atoms with van der Waals surface area (Å²) in [6, 6.07) is 6.74. The van der Waals surface area contributed by atoms with Crippen LogP contribution in [-0.4, -0.2) is 29.9 Å². The van der Waals surface area contributed by atoms with Crippen LogP contribution in [0.4, 0.5) is 10.5 Å². The van der Waals surface area contributed by atoms with Crippen molar-refractivity contribution in [3.05, 3.63) is 48.6 Å². The standard InChI is InChI=1S/C14H15N3O2/c1-2-13(18)17-8-7-11(9-17)10-3-5-12(6-4-10)16-14(15)19/h2-7H,1,8-9H2,(H3,15,16,19). The first-order valence-corrected chi connectivity index (χ1v) is 5.87. The third-order valence-corrected chi connectivity index (χ3v) is 2.93. The summed E-state index contributed by atoms with van der Waals surface area (Å²) in [5.41, 5.74) is 7.79. The SMILES string of the molecule is C=CC(=O)N1CC=C(c2ccc(NC(N)=O)cc2)C1. The molecule has 0 unspecified atom stereocenters. The van der Waals surface area contributed by atoms with Crippen molar-refractivity contribution in [1.29, 1.82) is 0 Å². The van der Waals surface area contributed by atoms with Crippen LogP contribution in [0, 0.1) is 0 Å². The fourth-order valence-electron chi connectivity index (χ4n) is 1.97. The number of carbonyl (C=O) groups is 2. The minimum Gasteiger partial charge on any atom is -0.351 e. The average molecular weight is 257 g/mol. The van der Waals surface area contributed by atoms with Gasteiger partial charge in [-0.1, -0.05) is 24.8 Å². The molecule has 0 aliphatic carbocycles. The second-order valence-corrected chi connectivity index (χ2v) is 4.22. The Bertz CT molecular complexity index is 546. The Morgan fingerprint density at radius 1 is 1.32 bits per heavy atom.